The summed E-state index contributed by atoms with van der Waals surface area (Å²) < 4.78 is 46.1. The highest BCUT2D eigenvalue weighted by Crippen LogP contribution is 2.33. The Bertz CT molecular complexity index is 3110. The number of carbonyl (C=O) groups excluding carboxylic acids is 4. The van der Waals surface area contributed by atoms with Crippen LogP contribution in [0.4, 0.5) is 11.9 Å². The maximum Gasteiger partial charge on any atom is 0.276 e. The molecule has 4 amide bonds. The highest BCUT2D eigenvalue weighted by Gasteiger charge is 2.24. The number of ether oxygens (including phenoxy) is 2. The van der Waals surface area contributed by atoms with Crippen LogP contribution in [0, 0.1) is 13.8 Å². The van der Waals surface area contributed by atoms with Crippen molar-refractivity contribution in [3.05, 3.63) is 82.5 Å². The maximum absolute atomic E-state index is 13.9. The van der Waals surface area contributed by atoms with Gasteiger partial charge in [0.2, 0.25) is 23.7 Å². The number of hydrogen-bond acceptors (Lipinski definition) is 15. The normalized spacial score (nSPS) is 13.6. The van der Waals surface area contributed by atoms with Gasteiger partial charge >= 0.3 is 0 Å². The van der Waals surface area contributed by atoms with Crippen molar-refractivity contribution in [2.24, 2.45) is 11.5 Å². The first-order valence-corrected chi connectivity index (χ1v) is 26.3. The minimum atomic E-state index is -3.40. The lowest BCUT2D eigenvalue weighted by atomic mass is 10.1. The van der Waals surface area contributed by atoms with Crippen LogP contribution in [0.5, 0.6) is 11.5 Å². The molecule has 0 unspecified atom stereocenters. The first-order valence-electron chi connectivity index (χ1n) is 24.5. The molecule has 24 heteroatoms. The molecular weight excluding hydrogens is 961 g/mol. The lowest BCUT2D eigenvalue weighted by molar-refractivity contribution is 0.0991. The van der Waals surface area contributed by atoms with Gasteiger partial charge in [-0.3, -0.25) is 43.4 Å². The van der Waals surface area contributed by atoms with Crippen LogP contribution >= 0.6 is 0 Å². The number of nitrogens with two attached hydrogens (primary N) is 2. The monoisotopic (exact) mass is 1030 g/mol. The molecule has 1 aliphatic rings. The summed E-state index contributed by atoms with van der Waals surface area (Å²) in [6.07, 6.45) is 9.15. The number of methoxy groups -OCH3 is 1. The van der Waals surface area contributed by atoms with Crippen LogP contribution in [-0.4, -0.2) is 146 Å². The molecule has 0 bridgehead atoms. The van der Waals surface area contributed by atoms with Gasteiger partial charge in [-0.15, -0.1) is 0 Å². The second kappa shape index (κ2) is 24.0. The maximum atomic E-state index is 13.9. The zero-order valence-electron chi connectivity index (χ0n) is 42.3. The first-order chi connectivity index (χ1) is 35.0. The Balaban J connectivity index is 1.12. The number of benzene rings is 2. The number of imidazole rings is 2. The largest absolute Gasteiger partial charge is 0.494 e. The van der Waals surface area contributed by atoms with Gasteiger partial charge in [0.15, 0.2) is 0 Å². The first kappa shape index (κ1) is 53.6. The number of aryl methyl sites for hydroxylation is 4. The van der Waals surface area contributed by atoms with Gasteiger partial charge in [0, 0.05) is 70.0 Å². The van der Waals surface area contributed by atoms with Crippen LogP contribution in [-0.2, 0) is 40.5 Å². The molecule has 0 atom stereocenters. The molecule has 0 saturated carbocycles. The fraction of sp³-hybridized carbons (Fsp3) is 0.469. The zero-order chi connectivity index (χ0) is 52.4. The lowest BCUT2D eigenvalue weighted by Gasteiger charge is -2.34. The number of amides is 4. The van der Waals surface area contributed by atoms with Gasteiger partial charge < -0.3 is 39.9 Å². The predicted molar refractivity (Wildman–Crippen MR) is 276 cm³/mol. The molecule has 73 heavy (non-hydrogen) atoms. The van der Waals surface area contributed by atoms with Crippen LogP contribution in [0.3, 0.4) is 0 Å². The number of unbranched alkanes of at least 4 members (excludes halogenated alkanes) is 3. The van der Waals surface area contributed by atoms with Crippen LogP contribution < -0.4 is 31.6 Å². The molecular formula is C49H66N14O9S. The van der Waals surface area contributed by atoms with Gasteiger partial charge in [0.1, 0.15) is 33.9 Å². The number of allylic oxidation sites excluding steroid dienone is 2. The second-order valence-electron chi connectivity index (χ2n) is 17.9. The average Bonchev–Trinajstić information content (AvgIpc) is 4.12. The molecule has 5 heterocycles. The van der Waals surface area contributed by atoms with Gasteiger partial charge in [-0.1, -0.05) is 25.0 Å². The molecule has 1 saturated heterocycles. The quantitative estimate of drug-likeness (QED) is 0.0334. The number of rotatable bonds is 26. The van der Waals surface area contributed by atoms with E-state index in [2.05, 4.69) is 30.6 Å². The summed E-state index contributed by atoms with van der Waals surface area (Å²) in [5, 5.41) is 14.8. The van der Waals surface area contributed by atoms with E-state index >= 15 is 0 Å². The molecule has 4 aromatic heterocycles. The average molecular weight is 1030 g/mol. The summed E-state index contributed by atoms with van der Waals surface area (Å²) in [5.74, 6) is -1.20. The molecule has 6 N–H and O–H groups in total. The number of nitrogens with zero attached hydrogens (tertiary/aromatic N) is 10. The second-order valence-corrected chi connectivity index (χ2v) is 19.5. The van der Waals surface area contributed by atoms with Crippen LogP contribution in [0.1, 0.15) is 99.0 Å². The number of primary amides is 2. The Morgan fingerprint density at radius 1 is 0.658 bits per heavy atom. The third-order valence-corrected chi connectivity index (χ3v) is 13.1. The van der Waals surface area contributed by atoms with Crippen molar-refractivity contribution in [3.8, 4) is 11.5 Å². The Kier molecular flexibility index (Phi) is 17.7. The van der Waals surface area contributed by atoms with Crippen molar-refractivity contribution in [3.63, 3.8) is 0 Å². The predicted octanol–water partition coefficient (Wildman–Crippen LogP) is 4.33. The number of nitrogens with one attached hydrogen (secondary N) is 2. The lowest BCUT2D eigenvalue weighted by Crippen LogP contribution is -2.46. The molecule has 1 aliphatic heterocycles. The Morgan fingerprint density at radius 3 is 1.59 bits per heavy atom. The number of aromatic nitrogens is 8. The van der Waals surface area contributed by atoms with Crippen molar-refractivity contribution in [1.29, 1.82) is 0 Å². The van der Waals surface area contributed by atoms with Crippen molar-refractivity contribution in [1.82, 2.24) is 48.5 Å². The third kappa shape index (κ3) is 13.5. The van der Waals surface area contributed by atoms with E-state index in [4.69, 9.17) is 35.1 Å². The van der Waals surface area contributed by atoms with E-state index in [9.17, 15) is 27.6 Å². The number of fused-ring (bicyclic) bond motifs is 2. The van der Waals surface area contributed by atoms with Crippen LogP contribution in [0.15, 0.2) is 48.6 Å². The van der Waals surface area contributed by atoms with E-state index in [1.165, 1.54) is 19.2 Å². The molecule has 0 spiro atoms. The van der Waals surface area contributed by atoms with Crippen LogP contribution in [0.25, 0.3) is 22.1 Å². The number of carbonyl (C=O) groups is 4. The van der Waals surface area contributed by atoms with Gasteiger partial charge in [0.25, 0.3) is 21.9 Å². The Hall–Kier alpha value is -7.15. The molecule has 0 aliphatic carbocycles. The van der Waals surface area contributed by atoms with Crippen molar-refractivity contribution < 1.29 is 41.3 Å². The van der Waals surface area contributed by atoms with Crippen molar-refractivity contribution >= 4 is 67.7 Å². The van der Waals surface area contributed by atoms with E-state index < -0.39 is 33.7 Å². The fourth-order valence-corrected chi connectivity index (χ4v) is 9.31. The highest BCUT2D eigenvalue weighted by molar-refractivity contribution is 7.85. The van der Waals surface area contributed by atoms with E-state index in [1.54, 1.807) is 49.7 Å². The standard InChI is InChI=1S/C49H66N14O9S/c1-7-62-38(26-32(3)56-62)46(66)54-48-52-36-28-34(44(50)64)30-40(70-5)42(36)60(48)18-12-13-19-61-43-37(53-49(61)55-47(67)39-27-33(4)57-63(39)8-2)29-35(45(51)65)31-41(43)71-24-15-17-59-22-20-58(21-23-59)16-11-9-10-14-25-72-73(6,68)69/h12-13,26-31H,7-11,14-25H2,1-6H3,(H2,50,64)(H2,51,65)(H,52,54,66)(H,53,55,67)/b13-12+. The van der Waals surface area contributed by atoms with Crippen molar-refractivity contribution in [2.45, 2.75) is 86.0 Å². The van der Waals surface area contributed by atoms with Gasteiger partial charge in [-0.05, 0) is 89.9 Å². The Morgan fingerprint density at radius 2 is 1.12 bits per heavy atom. The topological polar surface area (TPSA) is 284 Å². The van der Waals surface area contributed by atoms with Crippen molar-refractivity contribution in [2.75, 3.05) is 76.5 Å². The van der Waals surface area contributed by atoms with E-state index in [-0.39, 0.29) is 42.7 Å². The molecule has 6 aromatic rings. The van der Waals surface area contributed by atoms with Gasteiger partial charge in [-0.2, -0.15) is 18.6 Å². The molecule has 23 nitrogen and oxygen atoms in total. The number of anilines is 2. The molecule has 2 aromatic carbocycles. The SMILES string of the molecule is CCn1nc(C)cc1C(=O)Nc1nc2cc(C(N)=O)cc(OC)c2n1C/C=C/Cn1c(NC(=O)c2cc(C)nn2CC)nc2cc(C(N)=O)cc(OCCCN3CCN(CCCCCCOS(C)(=O)=O)CC3)c21. The minimum absolute atomic E-state index is 0.151. The molecule has 0 radical (unpaired) electrons. The summed E-state index contributed by atoms with van der Waals surface area (Å²) >= 11 is 0. The molecule has 1 fully saturated rings. The Labute approximate surface area is 423 Å². The summed E-state index contributed by atoms with van der Waals surface area (Å²) in [6.45, 7) is 14.7. The summed E-state index contributed by atoms with van der Waals surface area (Å²) in [5.41, 5.74) is 15.6. The number of piperazine rings is 1. The summed E-state index contributed by atoms with van der Waals surface area (Å²) in [6, 6.07) is 9.60. The van der Waals surface area contributed by atoms with E-state index in [0.29, 0.717) is 88.9 Å². The zero-order valence-corrected chi connectivity index (χ0v) is 43.2. The smallest absolute Gasteiger partial charge is 0.276 e. The molecule has 392 valence electrons. The van der Waals surface area contributed by atoms with E-state index in [0.717, 1.165) is 64.8 Å². The number of hydrogen-bond donors (Lipinski definition) is 4. The fourth-order valence-electron chi connectivity index (χ4n) is 8.89. The van der Waals surface area contributed by atoms with Gasteiger partial charge in [0.05, 0.1) is 49.0 Å². The van der Waals surface area contributed by atoms with E-state index in [1.807, 2.05) is 32.9 Å². The highest BCUT2D eigenvalue weighted by atomic mass is 32.2. The third-order valence-electron chi connectivity index (χ3n) is 12.5. The van der Waals surface area contributed by atoms with Crippen LogP contribution in [0.2, 0.25) is 0 Å². The summed E-state index contributed by atoms with van der Waals surface area (Å²) in [7, 11) is -1.94. The van der Waals surface area contributed by atoms with Gasteiger partial charge in [-0.25, -0.2) is 9.97 Å². The summed E-state index contributed by atoms with van der Waals surface area (Å²) in [4.78, 5) is 67.1. The minimum Gasteiger partial charge on any atom is -0.494 e. The molecule has 7 rings (SSSR count).